The SMILES string of the molecule is COc1ccc2c(n1)CCC(NC(=O)C(CC1Cc3ccccc3C1)c1ccc3c(c1)N(C)c1ccccc1S3(O)O)=N2.[HH]. The number of benzene rings is 3. The highest BCUT2D eigenvalue weighted by atomic mass is 32.3. The summed E-state index contributed by atoms with van der Waals surface area (Å²) in [6, 6.07) is 25.1. The minimum atomic E-state index is -3.19. The minimum absolute atomic E-state index is 0. The molecular formula is C34H36N4O4S. The van der Waals surface area contributed by atoms with Crippen LogP contribution in [0.2, 0.25) is 0 Å². The summed E-state index contributed by atoms with van der Waals surface area (Å²) in [6.45, 7) is 0. The lowest BCUT2D eigenvalue weighted by molar-refractivity contribution is -0.121. The molecule has 0 saturated heterocycles. The number of ether oxygens (including phenoxy) is 1. The Labute approximate surface area is 254 Å². The normalized spacial score (nSPS) is 18.0. The van der Waals surface area contributed by atoms with Crippen LogP contribution in [-0.4, -0.2) is 40.0 Å². The molecule has 4 aromatic rings. The Balaban J connectivity index is 0.00000343. The number of aromatic nitrogens is 1. The van der Waals surface area contributed by atoms with Crippen LogP contribution in [0.4, 0.5) is 17.1 Å². The van der Waals surface area contributed by atoms with Crippen LogP contribution in [0.5, 0.6) is 5.88 Å². The van der Waals surface area contributed by atoms with Crippen LogP contribution in [0.25, 0.3) is 0 Å². The fourth-order valence-electron chi connectivity index (χ4n) is 6.65. The first-order valence-corrected chi connectivity index (χ1v) is 16.1. The maximum absolute atomic E-state index is 14.1. The number of para-hydroxylation sites is 1. The maximum Gasteiger partial charge on any atom is 0.232 e. The third-order valence-corrected chi connectivity index (χ3v) is 10.8. The van der Waals surface area contributed by atoms with Crippen molar-refractivity contribution in [2.45, 2.75) is 47.8 Å². The Morgan fingerprint density at radius 3 is 2.49 bits per heavy atom. The van der Waals surface area contributed by atoms with Crippen molar-refractivity contribution in [3.8, 4) is 5.88 Å². The number of anilines is 2. The molecule has 3 heterocycles. The van der Waals surface area contributed by atoms with E-state index in [-0.39, 0.29) is 7.33 Å². The van der Waals surface area contributed by atoms with Crippen molar-refractivity contribution < 1.29 is 20.1 Å². The van der Waals surface area contributed by atoms with Crippen molar-refractivity contribution in [2.24, 2.45) is 10.9 Å². The monoisotopic (exact) mass is 596 g/mol. The molecule has 1 aromatic heterocycles. The fourth-order valence-corrected chi connectivity index (χ4v) is 8.40. The molecule has 1 amide bonds. The highest BCUT2D eigenvalue weighted by Gasteiger charge is 2.35. The predicted octanol–water partition coefficient (Wildman–Crippen LogP) is 7.27. The summed E-state index contributed by atoms with van der Waals surface area (Å²) in [7, 11) is 0.331. The number of aryl methyl sites for hydroxylation is 1. The van der Waals surface area contributed by atoms with Crippen molar-refractivity contribution in [2.75, 3.05) is 19.1 Å². The number of rotatable bonds is 5. The van der Waals surface area contributed by atoms with E-state index >= 15 is 0 Å². The lowest BCUT2D eigenvalue weighted by Crippen LogP contribution is -2.36. The molecule has 1 atom stereocenters. The smallest absolute Gasteiger partial charge is 0.232 e. The van der Waals surface area contributed by atoms with E-state index in [9.17, 15) is 13.9 Å². The number of hydrogen-bond donors (Lipinski definition) is 3. The number of amidine groups is 1. The average Bonchev–Trinajstić information content (AvgIpc) is 3.45. The number of pyridine rings is 1. The molecule has 1 unspecified atom stereocenters. The molecule has 1 aliphatic carbocycles. The van der Waals surface area contributed by atoms with E-state index in [4.69, 9.17) is 9.73 Å². The van der Waals surface area contributed by atoms with E-state index in [0.29, 0.717) is 52.4 Å². The maximum atomic E-state index is 14.1. The number of fused-ring (bicyclic) bond motifs is 4. The second-order valence-electron chi connectivity index (χ2n) is 11.5. The quantitative estimate of drug-likeness (QED) is 0.224. The van der Waals surface area contributed by atoms with Crippen molar-refractivity contribution >= 4 is 39.4 Å². The van der Waals surface area contributed by atoms with Crippen LogP contribution in [-0.2, 0) is 24.1 Å². The summed E-state index contributed by atoms with van der Waals surface area (Å²) in [5.41, 5.74) is 6.58. The molecule has 8 nitrogen and oxygen atoms in total. The van der Waals surface area contributed by atoms with E-state index in [1.54, 1.807) is 25.3 Å². The van der Waals surface area contributed by atoms with Crippen molar-refractivity contribution in [3.63, 3.8) is 0 Å². The molecule has 222 valence electrons. The lowest BCUT2D eigenvalue weighted by Gasteiger charge is -2.43. The highest BCUT2D eigenvalue weighted by molar-refractivity contribution is 8.24. The summed E-state index contributed by atoms with van der Waals surface area (Å²) >= 11 is 0. The molecule has 43 heavy (non-hydrogen) atoms. The van der Waals surface area contributed by atoms with Crippen molar-refractivity contribution in [1.82, 2.24) is 10.3 Å². The van der Waals surface area contributed by atoms with Crippen LogP contribution >= 0.6 is 10.6 Å². The van der Waals surface area contributed by atoms with Gasteiger partial charge in [-0.1, -0.05) is 42.5 Å². The topological polar surface area (TPSA) is 107 Å². The molecule has 3 N–H and O–H groups in total. The fraction of sp³-hybridized carbons (Fsp3) is 0.265. The Bertz CT molecular complexity index is 1750. The van der Waals surface area contributed by atoms with Crippen LogP contribution in [0.1, 0.15) is 42.6 Å². The van der Waals surface area contributed by atoms with Gasteiger partial charge in [-0.05, 0) is 78.6 Å². The molecule has 3 aliphatic rings. The van der Waals surface area contributed by atoms with E-state index in [1.807, 2.05) is 48.3 Å². The zero-order valence-corrected chi connectivity index (χ0v) is 25.0. The van der Waals surface area contributed by atoms with Crippen LogP contribution in [0, 0.1) is 5.92 Å². The van der Waals surface area contributed by atoms with Crippen molar-refractivity contribution in [1.29, 1.82) is 0 Å². The number of hydrogen-bond acceptors (Lipinski definition) is 7. The number of nitrogens with one attached hydrogen (secondary N) is 1. The van der Waals surface area contributed by atoms with Gasteiger partial charge in [0.25, 0.3) is 0 Å². The summed E-state index contributed by atoms with van der Waals surface area (Å²) < 4.78 is 27.9. The van der Waals surface area contributed by atoms with Gasteiger partial charge in [0.2, 0.25) is 11.8 Å². The number of nitrogens with zero attached hydrogens (tertiary/aromatic N) is 3. The zero-order valence-electron chi connectivity index (χ0n) is 24.2. The molecule has 0 bridgehead atoms. The first-order valence-electron chi connectivity index (χ1n) is 14.6. The zero-order chi connectivity index (χ0) is 29.7. The number of carbonyl (C=O) groups is 1. The van der Waals surface area contributed by atoms with Crippen LogP contribution < -0.4 is 15.0 Å². The molecule has 0 radical (unpaired) electrons. The minimum Gasteiger partial charge on any atom is -0.481 e. The van der Waals surface area contributed by atoms with Gasteiger partial charge >= 0.3 is 0 Å². The summed E-state index contributed by atoms with van der Waals surface area (Å²) in [4.78, 5) is 26.3. The first kappa shape index (κ1) is 27.6. The van der Waals surface area contributed by atoms with Gasteiger partial charge < -0.3 is 15.0 Å². The van der Waals surface area contributed by atoms with Crippen LogP contribution in [0.15, 0.2) is 93.6 Å². The summed E-state index contributed by atoms with van der Waals surface area (Å²) in [6.07, 6.45) is 3.76. The third-order valence-electron chi connectivity index (χ3n) is 8.86. The standard InChI is InChI=1S/C34H34N4O4S.H2/c1-38-28-9-5-6-10-30(28)43(40,41)31-14-11-24(20-29(31)38)25(19-21-17-22-7-3-4-8-23(22)18-21)34(39)37-32-15-12-27-26(35-32)13-16-33(36-27)42-2;/h3-11,13-14,16,20-21,25,40-41H,12,15,17-19H2,1-2H3,(H,35,37,39);1H. The van der Waals surface area contributed by atoms with E-state index in [1.165, 1.54) is 11.1 Å². The molecule has 9 heteroatoms. The number of aliphatic imine (C=N–C) groups is 1. The average molecular weight is 597 g/mol. The second kappa shape index (κ2) is 10.8. The number of carbonyl (C=O) groups excluding carboxylic acids is 1. The Hall–Kier alpha value is -4.18. The van der Waals surface area contributed by atoms with E-state index < -0.39 is 16.5 Å². The van der Waals surface area contributed by atoms with Gasteiger partial charge in [0.1, 0.15) is 5.84 Å². The Morgan fingerprint density at radius 1 is 1.00 bits per heavy atom. The van der Waals surface area contributed by atoms with Crippen LogP contribution in [0.3, 0.4) is 0 Å². The molecule has 3 aromatic carbocycles. The van der Waals surface area contributed by atoms with Gasteiger partial charge in [-0.15, -0.1) is 10.6 Å². The first-order chi connectivity index (χ1) is 20.8. The summed E-state index contributed by atoms with van der Waals surface area (Å²) in [5, 5.41) is 3.15. The molecule has 7 rings (SSSR count). The lowest BCUT2D eigenvalue weighted by atomic mass is 9.86. The largest absolute Gasteiger partial charge is 0.481 e. The third kappa shape index (κ3) is 4.97. The number of amides is 1. The Morgan fingerprint density at radius 2 is 1.72 bits per heavy atom. The molecule has 0 fully saturated rings. The van der Waals surface area contributed by atoms with Crippen molar-refractivity contribution in [3.05, 3.63) is 101 Å². The van der Waals surface area contributed by atoms with E-state index in [2.05, 4.69) is 34.6 Å². The Kier molecular flexibility index (Phi) is 6.96. The predicted molar refractivity (Wildman–Crippen MR) is 171 cm³/mol. The molecule has 2 aliphatic heterocycles. The van der Waals surface area contributed by atoms with Gasteiger partial charge in [-0.2, -0.15) is 0 Å². The molecule has 0 saturated carbocycles. The summed E-state index contributed by atoms with van der Waals surface area (Å²) in [5.74, 6) is 0.937. The number of methoxy groups -OCH3 is 1. The second-order valence-corrected chi connectivity index (χ2v) is 13.5. The highest BCUT2D eigenvalue weighted by Crippen LogP contribution is 2.65. The van der Waals surface area contributed by atoms with Gasteiger partial charge in [0.05, 0.1) is 45.6 Å². The van der Waals surface area contributed by atoms with E-state index in [0.717, 1.165) is 35.5 Å². The van der Waals surface area contributed by atoms with Gasteiger partial charge in [-0.3, -0.25) is 13.9 Å². The molecular weight excluding hydrogens is 560 g/mol. The molecule has 0 spiro atoms. The van der Waals surface area contributed by atoms with Gasteiger partial charge in [-0.25, -0.2) is 9.98 Å². The van der Waals surface area contributed by atoms with Gasteiger partial charge in [0, 0.05) is 21.0 Å². The van der Waals surface area contributed by atoms with Gasteiger partial charge in [0.15, 0.2) is 0 Å².